The molecule has 13 heteroatoms. The molecule has 0 aliphatic heterocycles. The van der Waals surface area contributed by atoms with Gasteiger partial charge in [-0.2, -0.15) is 0 Å². The van der Waals surface area contributed by atoms with Gasteiger partial charge in [-0.05, 0) is 126 Å². The minimum absolute atomic E-state index is 0.0519. The molecule has 0 bridgehead atoms. The first-order valence-electron chi connectivity index (χ1n) is 16.7. The van der Waals surface area contributed by atoms with Crippen LogP contribution in [0.3, 0.4) is 0 Å². The lowest BCUT2D eigenvalue weighted by Gasteiger charge is -2.23. The molecule has 2 unspecified atom stereocenters. The zero-order chi connectivity index (χ0) is 37.6. The summed E-state index contributed by atoms with van der Waals surface area (Å²) in [4.78, 5) is 50.9. The molecule has 0 aliphatic rings. The fraction of sp³-hybridized carbons (Fsp3) is 0.421. The highest BCUT2D eigenvalue weighted by molar-refractivity contribution is 7.97. The predicted octanol–water partition coefficient (Wildman–Crippen LogP) is 7.58. The van der Waals surface area contributed by atoms with Crippen LogP contribution in [-0.2, 0) is 27.1 Å². The van der Waals surface area contributed by atoms with Crippen molar-refractivity contribution >= 4 is 41.6 Å². The summed E-state index contributed by atoms with van der Waals surface area (Å²) in [6.45, 7) is 10.7. The van der Waals surface area contributed by atoms with Crippen LogP contribution in [0.2, 0.25) is 0 Å². The molecule has 0 saturated heterocycles. The van der Waals surface area contributed by atoms with Crippen LogP contribution in [0.1, 0.15) is 75.9 Å². The number of alkyl carbamates (subject to hydrolysis) is 1. The molecule has 3 aromatic rings. The molecule has 51 heavy (non-hydrogen) atoms. The van der Waals surface area contributed by atoms with Crippen molar-refractivity contribution in [3.8, 4) is 0 Å². The van der Waals surface area contributed by atoms with Crippen LogP contribution in [0.5, 0.6) is 0 Å². The monoisotopic (exact) mass is 726 g/mol. The van der Waals surface area contributed by atoms with Crippen molar-refractivity contribution in [2.24, 2.45) is 5.92 Å². The second-order valence-corrected chi connectivity index (χ2v) is 15.0. The number of ether oxygens (including phenoxy) is 2. The average molecular weight is 727 g/mol. The average Bonchev–Trinajstić information content (AvgIpc) is 3.02. The van der Waals surface area contributed by atoms with Crippen molar-refractivity contribution < 1.29 is 37.4 Å². The van der Waals surface area contributed by atoms with Gasteiger partial charge >= 0.3 is 12.2 Å². The second kappa shape index (κ2) is 19.1. The number of halogens is 2. The van der Waals surface area contributed by atoms with Gasteiger partial charge in [0.2, 0.25) is 5.91 Å². The van der Waals surface area contributed by atoms with E-state index in [9.17, 15) is 28.0 Å². The molecule has 4 N–H and O–H groups in total. The summed E-state index contributed by atoms with van der Waals surface area (Å²) in [5, 5.41) is 8.46. The molecule has 2 atom stereocenters. The molecule has 0 saturated carbocycles. The molecule has 10 nitrogen and oxygen atoms in total. The Labute approximate surface area is 303 Å². The van der Waals surface area contributed by atoms with Crippen LogP contribution in [0.4, 0.5) is 24.1 Å². The molecule has 0 aromatic heterocycles. The highest BCUT2D eigenvalue weighted by Gasteiger charge is 2.23. The minimum Gasteiger partial charge on any atom is -0.444 e. The zero-order valence-electron chi connectivity index (χ0n) is 29.9. The maximum Gasteiger partial charge on any atom is 0.417 e. The Morgan fingerprint density at radius 2 is 1.49 bits per heavy atom. The first kappa shape index (κ1) is 40.8. The third-order valence-corrected chi connectivity index (χ3v) is 7.89. The van der Waals surface area contributed by atoms with Gasteiger partial charge < -0.3 is 25.4 Å². The number of amides is 4. The predicted molar refractivity (Wildman–Crippen MR) is 195 cm³/mol. The molecule has 0 radical (unpaired) electrons. The zero-order valence-corrected chi connectivity index (χ0v) is 30.8. The normalized spacial score (nSPS) is 12.6. The van der Waals surface area contributed by atoms with E-state index in [2.05, 4.69) is 20.7 Å². The molecular formula is C38H48F2N4O6S. The lowest BCUT2D eigenvalue weighted by Crippen LogP contribution is -2.42. The van der Waals surface area contributed by atoms with Crippen LogP contribution in [-0.4, -0.2) is 53.5 Å². The van der Waals surface area contributed by atoms with E-state index in [1.54, 1.807) is 59.7 Å². The molecule has 4 amide bonds. The van der Waals surface area contributed by atoms with Gasteiger partial charge in [0.25, 0.3) is 5.91 Å². The molecule has 0 spiro atoms. The van der Waals surface area contributed by atoms with Crippen molar-refractivity contribution in [2.45, 2.75) is 84.5 Å². The smallest absolute Gasteiger partial charge is 0.417 e. The molecular weight excluding hydrogens is 679 g/mol. The van der Waals surface area contributed by atoms with Gasteiger partial charge in [0.05, 0.1) is 0 Å². The van der Waals surface area contributed by atoms with Crippen LogP contribution in [0, 0.1) is 17.6 Å². The molecule has 3 rings (SSSR count). The topological polar surface area (TPSA) is 135 Å². The van der Waals surface area contributed by atoms with Gasteiger partial charge in [0, 0.05) is 36.0 Å². The fourth-order valence-corrected chi connectivity index (χ4v) is 5.69. The standard InChI is InChI=1S/C38H48F2N4O6S/c1-37(2,3)49-35(47)43-31(20-25-11-8-7-9-12-25)23-33(45)42-30-14-10-13-27(22-30)34(46)41-24-26(19-28-21-29(39)15-16-32(28)40)17-18-51-44-36(48)50-38(4,5)6/h7-16,21-22,26,31H,17-20,23-24H2,1-6H3,(H,41,46)(H,42,45)(H,43,47)(H,44,48). The SMILES string of the molecule is CC(C)(C)OC(=O)NSCCC(CNC(=O)c1cccc(NC(=O)CC(Cc2ccccc2)NC(=O)OC(C)(C)C)c1)Cc1cc(F)ccc1F. The Hall–Kier alpha value is -4.65. The number of nitrogens with one attached hydrogen (secondary N) is 4. The molecule has 3 aromatic carbocycles. The highest BCUT2D eigenvalue weighted by Crippen LogP contribution is 2.20. The first-order chi connectivity index (χ1) is 24.0. The van der Waals surface area contributed by atoms with Gasteiger partial charge in [-0.15, -0.1) is 0 Å². The summed E-state index contributed by atoms with van der Waals surface area (Å²) < 4.78 is 41.7. The van der Waals surface area contributed by atoms with Crippen LogP contribution in [0.15, 0.2) is 72.8 Å². The van der Waals surface area contributed by atoms with E-state index >= 15 is 0 Å². The Balaban J connectivity index is 1.63. The lowest BCUT2D eigenvalue weighted by atomic mass is 9.96. The highest BCUT2D eigenvalue weighted by atomic mass is 32.2. The fourth-order valence-electron chi connectivity index (χ4n) is 4.98. The number of rotatable bonds is 15. The third-order valence-electron chi connectivity index (χ3n) is 7.14. The Bertz CT molecular complexity index is 1630. The number of carbonyl (C=O) groups is 4. The van der Waals surface area contributed by atoms with Gasteiger partial charge in [0.15, 0.2) is 0 Å². The minimum atomic E-state index is -0.710. The maximum atomic E-state index is 14.5. The Morgan fingerprint density at radius 3 is 2.18 bits per heavy atom. The first-order valence-corrected chi connectivity index (χ1v) is 17.7. The van der Waals surface area contributed by atoms with Gasteiger partial charge in [0.1, 0.15) is 22.8 Å². The van der Waals surface area contributed by atoms with Crippen LogP contribution in [0.25, 0.3) is 0 Å². The molecule has 0 fully saturated rings. The lowest BCUT2D eigenvalue weighted by molar-refractivity contribution is -0.116. The van der Waals surface area contributed by atoms with E-state index in [-0.39, 0.29) is 42.3 Å². The van der Waals surface area contributed by atoms with Crippen LogP contribution >= 0.6 is 11.9 Å². The van der Waals surface area contributed by atoms with E-state index in [4.69, 9.17) is 9.47 Å². The summed E-state index contributed by atoms with van der Waals surface area (Å²) in [6.07, 6.45) is -0.281. The quantitative estimate of drug-likeness (QED) is 0.0937. The van der Waals surface area contributed by atoms with E-state index < -0.39 is 47.0 Å². The van der Waals surface area contributed by atoms with Crippen molar-refractivity contribution in [1.29, 1.82) is 0 Å². The van der Waals surface area contributed by atoms with Gasteiger partial charge in [-0.3, -0.25) is 14.3 Å². The third kappa shape index (κ3) is 16.3. The summed E-state index contributed by atoms with van der Waals surface area (Å²) in [5.74, 6) is -1.81. The Morgan fingerprint density at radius 1 is 0.804 bits per heavy atom. The summed E-state index contributed by atoms with van der Waals surface area (Å²) >= 11 is 1.12. The van der Waals surface area contributed by atoms with Crippen LogP contribution < -0.4 is 20.7 Å². The van der Waals surface area contributed by atoms with Crippen molar-refractivity contribution in [2.75, 3.05) is 17.6 Å². The molecule has 0 heterocycles. The molecule has 0 aliphatic carbocycles. The number of benzene rings is 3. The number of anilines is 1. The van der Waals surface area contributed by atoms with Crippen molar-refractivity contribution in [1.82, 2.24) is 15.4 Å². The van der Waals surface area contributed by atoms with Gasteiger partial charge in [-0.1, -0.05) is 36.4 Å². The number of carbonyl (C=O) groups excluding carboxylic acids is 4. The largest absolute Gasteiger partial charge is 0.444 e. The summed E-state index contributed by atoms with van der Waals surface area (Å²) in [5.41, 5.74) is 0.398. The number of hydrogen-bond donors (Lipinski definition) is 4. The summed E-state index contributed by atoms with van der Waals surface area (Å²) in [7, 11) is 0. The number of hydrogen-bond acceptors (Lipinski definition) is 7. The summed E-state index contributed by atoms with van der Waals surface area (Å²) in [6, 6.07) is 18.5. The van der Waals surface area contributed by atoms with E-state index in [0.717, 1.165) is 35.7 Å². The maximum absolute atomic E-state index is 14.5. The molecule has 276 valence electrons. The van der Waals surface area contributed by atoms with Gasteiger partial charge in [-0.25, -0.2) is 18.4 Å². The van der Waals surface area contributed by atoms with E-state index in [1.165, 1.54) is 6.07 Å². The van der Waals surface area contributed by atoms with Crippen molar-refractivity contribution in [3.63, 3.8) is 0 Å². The Kier molecular flexibility index (Phi) is 15.3. The van der Waals surface area contributed by atoms with E-state index in [0.29, 0.717) is 24.3 Å². The van der Waals surface area contributed by atoms with E-state index in [1.807, 2.05) is 30.3 Å². The second-order valence-electron chi connectivity index (χ2n) is 14.1. The van der Waals surface area contributed by atoms with Crippen molar-refractivity contribution in [3.05, 3.63) is 101 Å².